The Morgan fingerprint density at radius 2 is 2.31 bits per heavy atom. The van der Waals surface area contributed by atoms with Gasteiger partial charge in [0.15, 0.2) is 0 Å². The Morgan fingerprint density at radius 3 is 2.77 bits per heavy atom. The van der Waals surface area contributed by atoms with Crippen LogP contribution < -0.4 is 0 Å². The van der Waals surface area contributed by atoms with Crippen LogP contribution >= 0.6 is 23.5 Å². The molecule has 0 spiro atoms. The van der Waals surface area contributed by atoms with E-state index in [1.54, 1.807) is 23.5 Å². The zero-order chi connectivity index (χ0) is 10.1. The average Bonchev–Trinajstić information content (AvgIpc) is 2.12. The van der Waals surface area contributed by atoms with E-state index in [-0.39, 0.29) is 6.10 Å². The first-order valence-corrected chi connectivity index (χ1v) is 6.63. The quantitative estimate of drug-likeness (QED) is 0.662. The fraction of sp³-hybridized carbons (Fsp3) is 0.600. The second-order valence-corrected chi connectivity index (χ2v) is 4.81. The minimum atomic E-state index is -0.287. The molecule has 0 amide bonds. The average molecular weight is 218 g/mol. The Labute approximate surface area is 89.7 Å². The molecule has 1 atom stereocenters. The number of rotatable bonds is 7. The molecule has 1 unspecified atom stereocenters. The topological polar surface area (TPSA) is 20.2 Å². The van der Waals surface area contributed by atoms with Crippen LogP contribution in [0, 0.1) is 0 Å². The Kier molecular flexibility index (Phi) is 8.82. The largest absolute Gasteiger partial charge is 0.389 e. The summed E-state index contributed by atoms with van der Waals surface area (Å²) in [4.78, 5) is 0. The summed E-state index contributed by atoms with van der Waals surface area (Å²) in [6, 6.07) is 0. The zero-order valence-corrected chi connectivity index (χ0v) is 9.96. The van der Waals surface area contributed by atoms with Gasteiger partial charge in [0.25, 0.3) is 0 Å². The highest BCUT2D eigenvalue weighted by molar-refractivity contribution is 8.22. The molecule has 1 nitrogen and oxygen atoms in total. The van der Waals surface area contributed by atoms with Crippen molar-refractivity contribution in [3.63, 3.8) is 0 Å². The lowest BCUT2D eigenvalue weighted by Crippen LogP contribution is -2.01. The minimum Gasteiger partial charge on any atom is -0.389 e. The molecule has 0 aliphatic heterocycles. The first-order valence-electron chi connectivity index (χ1n) is 4.42. The normalized spacial score (nSPS) is 14.2. The van der Waals surface area contributed by atoms with E-state index in [0.29, 0.717) is 0 Å². The highest BCUT2D eigenvalue weighted by Crippen LogP contribution is 2.26. The van der Waals surface area contributed by atoms with Crippen LogP contribution in [-0.2, 0) is 0 Å². The van der Waals surface area contributed by atoms with Gasteiger partial charge in [-0.15, -0.1) is 30.1 Å². The molecule has 0 radical (unpaired) electrons. The molecule has 0 saturated carbocycles. The van der Waals surface area contributed by atoms with Gasteiger partial charge in [0.2, 0.25) is 0 Å². The van der Waals surface area contributed by atoms with E-state index in [0.717, 1.165) is 18.6 Å². The number of thioether (sulfide) groups is 2. The molecule has 0 aromatic rings. The molecule has 0 aromatic heterocycles. The maximum absolute atomic E-state index is 9.52. The second kappa shape index (κ2) is 8.73. The van der Waals surface area contributed by atoms with Crippen molar-refractivity contribution in [2.24, 2.45) is 0 Å². The van der Waals surface area contributed by atoms with Crippen LogP contribution in [0.4, 0.5) is 0 Å². The summed E-state index contributed by atoms with van der Waals surface area (Å²) >= 11 is 3.40. The van der Waals surface area contributed by atoms with Gasteiger partial charge in [-0.2, -0.15) is 0 Å². The monoisotopic (exact) mass is 218 g/mol. The number of hydrogen-bond donors (Lipinski definition) is 1. The smallest absolute Gasteiger partial charge is 0.0739 e. The summed E-state index contributed by atoms with van der Waals surface area (Å²) in [5, 5.41) is 9.52. The zero-order valence-electron chi connectivity index (χ0n) is 8.32. The molecular formula is C10H18OS2. The van der Waals surface area contributed by atoms with Crippen molar-refractivity contribution < 1.29 is 5.11 Å². The first-order chi connectivity index (χ1) is 6.24. The van der Waals surface area contributed by atoms with Crippen LogP contribution in [0.1, 0.15) is 19.8 Å². The van der Waals surface area contributed by atoms with Gasteiger partial charge in [0, 0.05) is 9.99 Å². The van der Waals surface area contributed by atoms with Gasteiger partial charge in [-0.3, -0.25) is 0 Å². The van der Waals surface area contributed by atoms with Gasteiger partial charge in [-0.25, -0.2) is 0 Å². The SMILES string of the molecule is C=CCSC(=CC(O)CCC)SC. The summed E-state index contributed by atoms with van der Waals surface area (Å²) in [5.41, 5.74) is 0. The standard InChI is InChI=1S/C10H18OS2/c1-4-6-9(11)8-10(12-3)13-7-5-2/h5,8-9,11H,2,4,6-7H2,1,3H3. The molecule has 0 heterocycles. The summed E-state index contributed by atoms with van der Waals surface area (Å²) in [7, 11) is 0. The molecule has 3 heteroatoms. The van der Waals surface area contributed by atoms with Crippen molar-refractivity contribution >= 4 is 23.5 Å². The first kappa shape index (κ1) is 13.1. The summed E-state index contributed by atoms with van der Waals surface area (Å²) in [5.74, 6) is 0.908. The third kappa shape index (κ3) is 7.23. The molecule has 1 N–H and O–H groups in total. The lowest BCUT2D eigenvalue weighted by Gasteiger charge is -2.06. The fourth-order valence-electron chi connectivity index (χ4n) is 0.852. The number of aliphatic hydroxyl groups is 1. The van der Waals surface area contributed by atoms with Crippen molar-refractivity contribution in [2.75, 3.05) is 12.0 Å². The Hall–Kier alpha value is 0.140. The van der Waals surface area contributed by atoms with Crippen molar-refractivity contribution in [2.45, 2.75) is 25.9 Å². The van der Waals surface area contributed by atoms with E-state index < -0.39 is 0 Å². The van der Waals surface area contributed by atoms with E-state index >= 15 is 0 Å². The summed E-state index contributed by atoms with van der Waals surface area (Å²) < 4.78 is 1.18. The summed E-state index contributed by atoms with van der Waals surface area (Å²) in [6.07, 6.45) is 7.42. The van der Waals surface area contributed by atoms with Crippen molar-refractivity contribution in [1.29, 1.82) is 0 Å². The van der Waals surface area contributed by atoms with Gasteiger partial charge in [0.1, 0.15) is 0 Å². The maximum Gasteiger partial charge on any atom is 0.0739 e. The molecule has 0 aromatic carbocycles. The minimum absolute atomic E-state index is 0.287. The predicted molar refractivity (Wildman–Crippen MR) is 65.2 cm³/mol. The van der Waals surface area contributed by atoms with Gasteiger partial charge in [-0.05, 0) is 18.8 Å². The molecule has 0 fully saturated rings. The molecule has 0 saturated heterocycles. The lowest BCUT2D eigenvalue weighted by molar-refractivity contribution is 0.211. The van der Waals surface area contributed by atoms with Crippen LogP contribution in [0.15, 0.2) is 23.0 Å². The number of aliphatic hydroxyl groups excluding tert-OH is 1. The van der Waals surface area contributed by atoms with Gasteiger partial charge in [0.05, 0.1) is 6.10 Å². The second-order valence-electron chi connectivity index (χ2n) is 2.65. The number of hydrogen-bond acceptors (Lipinski definition) is 3. The third-order valence-electron chi connectivity index (χ3n) is 1.46. The third-order valence-corrected chi connectivity index (χ3v) is 3.67. The van der Waals surface area contributed by atoms with E-state index in [1.165, 1.54) is 4.24 Å². The maximum atomic E-state index is 9.52. The van der Waals surface area contributed by atoms with Crippen LogP contribution in [0.5, 0.6) is 0 Å². The molecule has 0 aliphatic carbocycles. The Morgan fingerprint density at radius 1 is 1.62 bits per heavy atom. The molecule has 76 valence electrons. The van der Waals surface area contributed by atoms with Gasteiger partial charge in [-0.1, -0.05) is 19.4 Å². The molecule has 0 rings (SSSR count). The van der Waals surface area contributed by atoms with Gasteiger partial charge < -0.3 is 5.11 Å². The fourth-order valence-corrected chi connectivity index (χ4v) is 2.36. The van der Waals surface area contributed by atoms with E-state index in [9.17, 15) is 5.11 Å². The lowest BCUT2D eigenvalue weighted by atomic mass is 10.2. The van der Waals surface area contributed by atoms with Crippen LogP contribution in [0.3, 0.4) is 0 Å². The van der Waals surface area contributed by atoms with Crippen LogP contribution in [-0.4, -0.2) is 23.2 Å². The van der Waals surface area contributed by atoms with Crippen molar-refractivity contribution in [3.05, 3.63) is 23.0 Å². The highest BCUT2D eigenvalue weighted by atomic mass is 32.2. The van der Waals surface area contributed by atoms with Crippen LogP contribution in [0.2, 0.25) is 0 Å². The molecule has 13 heavy (non-hydrogen) atoms. The summed E-state index contributed by atoms with van der Waals surface area (Å²) in [6.45, 7) is 5.74. The van der Waals surface area contributed by atoms with Crippen LogP contribution in [0.25, 0.3) is 0 Å². The highest BCUT2D eigenvalue weighted by Gasteiger charge is 2.01. The Balaban J connectivity index is 3.95. The van der Waals surface area contributed by atoms with E-state index in [4.69, 9.17) is 0 Å². The molecule has 0 aliphatic rings. The van der Waals surface area contributed by atoms with Gasteiger partial charge >= 0.3 is 0 Å². The Bertz CT molecular complexity index is 166. The van der Waals surface area contributed by atoms with E-state index in [1.807, 2.05) is 18.4 Å². The van der Waals surface area contributed by atoms with Crippen molar-refractivity contribution in [1.82, 2.24) is 0 Å². The molecular weight excluding hydrogens is 200 g/mol. The van der Waals surface area contributed by atoms with E-state index in [2.05, 4.69) is 13.5 Å². The molecule has 0 bridgehead atoms. The predicted octanol–water partition coefficient (Wildman–Crippen LogP) is 3.27. The van der Waals surface area contributed by atoms with Crippen molar-refractivity contribution in [3.8, 4) is 0 Å².